The molecule has 4 atom stereocenters. The summed E-state index contributed by atoms with van der Waals surface area (Å²) in [7, 11) is 1.86. The number of nitrogen functional groups attached to an aromatic ring is 1. The van der Waals surface area contributed by atoms with E-state index in [0.717, 1.165) is 30.7 Å². The molecule has 2 aromatic carbocycles. The molecule has 2 N–H and O–H groups in total. The van der Waals surface area contributed by atoms with Gasteiger partial charge in [0.05, 0.1) is 20.8 Å². The summed E-state index contributed by atoms with van der Waals surface area (Å²) in [5.41, 5.74) is 5.68. The van der Waals surface area contributed by atoms with Gasteiger partial charge in [-0.25, -0.2) is 22.9 Å². The molecule has 52 heavy (non-hydrogen) atoms. The first kappa shape index (κ1) is 34.4. The minimum atomic E-state index is -0.962. The monoisotopic (exact) mass is 749 g/mol. The van der Waals surface area contributed by atoms with E-state index in [-0.39, 0.29) is 73.0 Å². The third-order valence-electron chi connectivity index (χ3n) is 11.0. The number of imidazole rings is 1. The van der Waals surface area contributed by atoms with Gasteiger partial charge in [0.2, 0.25) is 0 Å². The third kappa shape index (κ3) is 5.59. The van der Waals surface area contributed by atoms with Gasteiger partial charge in [-0.3, -0.25) is 9.47 Å². The SMILES string of the molecule is CC1CC(N(C)c2nc(OC[C@@]34CCCN3C[C@H](F)C4)nc3c(F)c(-c4ccc(F)c5sc(N)c(C#N)c45)c(Cl)cc23)CCN1C(=O)n1ccnc1. The average molecular weight is 750 g/mol. The van der Waals surface area contributed by atoms with E-state index >= 15 is 4.39 Å². The van der Waals surface area contributed by atoms with Gasteiger partial charge < -0.3 is 20.3 Å². The number of thiophene rings is 1. The third-order valence-corrected chi connectivity index (χ3v) is 12.3. The Kier molecular flexibility index (Phi) is 8.67. The number of carbonyl (C=O) groups is 1. The summed E-state index contributed by atoms with van der Waals surface area (Å²) in [6, 6.07) is 5.69. The fourth-order valence-electron chi connectivity index (χ4n) is 8.37. The number of ether oxygens (including phenoxy) is 1. The van der Waals surface area contributed by atoms with Crippen molar-refractivity contribution in [3.05, 3.63) is 59.1 Å². The van der Waals surface area contributed by atoms with Gasteiger partial charge in [0.25, 0.3) is 0 Å². The number of nitrogens with zero attached hydrogens (tertiary/aromatic N) is 8. The number of rotatable bonds is 6. The summed E-state index contributed by atoms with van der Waals surface area (Å²) in [5.74, 6) is -1.02. The Bertz CT molecular complexity index is 2260. The van der Waals surface area contributed by atoms with E-state index in [2.05, 4.69) is 14.9 Å². The molecule has 8 rings (SSSR count). The highest BCUT2D eigenvalue weighted by Crippen LogP contribution is 2.46. The van der Waals surface area contributed by atoms with Crippen molar-refractivity contribution >= 4 is 60.8 Å². The molecule has 3 aromatic heterocycles. The van der Waals surface area contributed by atoms with Gasteiger partial charge in [-0.05, 0) is 56.8 Å². The quantitative estimate of drug-likeness (QED) is 0.195. The standard InChI is InChI=1S/C36H35ClF3N9O2S/c1-19-12-21(6-10-49(19)35(50)47-11-8-43-18-47)46(2)33-23-13-25(37)28(22-4-5-26(39)31-27(22)24(15-41)32(42)52-31)29(40)30(23)44-34(45-33)51-17-36-7-3-9-48(36)16-20(38)14-36/h4-5,8,11,13,18-21H,3,6-7,9-10,12,14,16-17,42H2,1-2H3/t19?,20-,21?,36+/m1/s1. The number of anilines is 2. The van der Waals surface area contributed by atoms with Crippen LogP contribution in [-0.4, -0.2) is 92.4 Å². The lowest BCUT2D eigenvalue weighted by Crippen LogP contribution is -2.51. The molecule has 5 aromatic rings. The highest BCUT2D eigenvalue weighted by molar-refractivity contribution is 7.23. The molecule has 3 fully saturated rings. The zero-order valence-electron chi connectivity index (χ0n) is 28.5. The maximum atomic E-state index is 17.1. The zero-order valence-corrected chi connectivity index (χ0v) is 30.0. The van der Waals surface area contributed by atoms with Gasteiger partial charge >= 0.3 is 12.0 Å². The Morgan fingerprint density at radius 3 is 2.87 bits per heavy atom. The fraction of sp³-hybridized carbons (Fsp3) is 0.417. The second-order valence-electron chi connectivity index (χ2n) is 14.0. The van der Waals surface area contributed by atoms with E-state index in [0.29, 0.717) is 43.6 Å². The number of hydrogen-bond donors (Lipinski definition) is 1. The number of halogens is 4. The first-order chi connectivity index (χ1) is 25.0. The number of piperidine rings is 1. The minimum absolute atomic E-state index is 0.00744. The van der Waals surface area contributed by atoms with Crippen molar-refractivity contribution < 1.29 is 22.7 Å². The summed E-state index contributed by atoms with van der Waals surface area (Å²) >= 11 is 7.80. The molecular weight excluding hydrogens is 715 g/mol. The number of amides is 1. The first-order valence-electron chi connectivity index (χ1n) is 17.1. The van der Waals surface area contributed by atoms with Crippen LogP contribution in [0.4, 0.5) is 28.8 Å². The Balaban J connectivity index is 1.22. The Labute approximate surface area is 306 Å². The first-order valence-corrected chi connectivity index (χ1v) is 18.3. The number of nitriles is 1. The van der Waals surface area contributed by atoms with E-state index in [1.807, 2.05) is 24.9 Å². The van der Waals surface area contributed by atoms with Crippen molar-refractivity contribution in [2.24, 2.45) is 0 Å². The van der Waals surface area contributed by atoms with Crippen molar-refractivity contribution in [2.45, 2.75) is 62.8 Å². The molecule has 3 saturated heterocycles. The summed E-state index contributed by atoms with van der Waals surface area (Å²) in [6.07, 6.45) is 6.89. The summed E-state index contributed by atoms with van der Waals surface area (Å²) in [5, 5.41) is 10.5. The Morgan fingerprint density at radius 2 is 2.12 bits per heavy atom. The summed E-state index contributed by atoms with van der Waals surface area (Å²) in [6.45, 7) is 3.70. The molecule has 0 spiro atoms. The van der Waals surface area contributed by atoms with Crippen LogP contribution < -0.4 is 15.4 Å². The van der Waals surface area contributed by atoms with Gasteiger partial charge in [-0.2, -0.15) is 15.2 Å². The van der Waals surface area contributed by atoms with Crippen LogP contribution in [0.2, 0.25) is 5.02 Å². The predicted molar refractivity (Wildman–Crippen MR) is 194 cm³/mol. The van der Waals surface area contributed by atoms with E-state index in [9.17, 15) is 18.8 Å². The second kappa shape index (κ2) is 13.1. The van der Waals surface area contributed by atoms with Crippen LogP contribution >= 0.6 is 22.9 Å². The Morgan fingerprint density at radius 1 is 1.29 bits per heavy atom. The zero-order chi connectivity index (χ0) is 36.5. The molecule has 0 radical (unpaired) electrons. The normalized spacial score (nSPS) is 23.3. The summed E-state index contributed by atoms with van der Waals surface area (Å²) in [4.78, 5) is 32.4. The predicted octanol–water partition coefficient (Wildman–Crippen LogP) is 7.01. The molecule has 0 saturated carbocycles. The molecule has 3 aliphatic heterocycles. The number of likely N-dealkylation sites (tertiary alicyclic amines) is 1. The number of aromatic nitrogens is 4. The maximum absolute atomic E-state index is 17.1. The number of carbonyl (C=O) groups excluding carboxylic acids is 1. The van der Waals surface area contributed by atoms with E-state index in [1.165, 1.54) is 23.0 Å². The molecule has 3 aliphatic rings. The lowest BCUT2D eigenvalue weighted by molar-refractivity contribution is 0.107. The van der Waals surface area contributed by atoms with Gasteiger partial charge in [0.1, 0.15) is 47.3 Å². The minimum Gasteiger partial charge on any atom is -0.461 e. The van der Waals surface area contributed by atoms with Crippen molar-refractivity contribution in [1.29, 1.82) is 5.26 Å². The number of benzene rings is 2. The van der Waals surface area contributed by atoms with Crippen LogP contribution in [0, 0.1) is 23.0 Å². The van der Waals surface area contributed by atoms with Crippen LogP contribution in [0.5, 0.6) is 6.01 Å². The molecular formula is C36H35ClF3N9O2S. The lowest BCUT2D eigenvalue weighted by atomic mass is 9.95. The van der Waals surface area contributed by atoms with E-state index in [1.54, 1.807) is 23.4 Å². The Hall–Kier alpha value is -4.65. The smallest absolute Gasteiger partial charge is 0.329 e. The van der Waals surface area contributed by atoms with Gasteiger partial charge in [-0.1, -0.05) is 17.7 Å². The number of fused-ring (bicyclic) bond motifs is 3. The highest BCUT2D eigenvalue weighted by Gasteiger charge is 2.49. The van der Waals surface area contributed by atoms with Gasteiger partial charge in [-0.15, -0.1) is 11.3 Å². The topological polar surface area (TPSA) is 129 Å². The van der Waals surface area contributed by atoms with Crippen molar-refractivity contribution in [2.75, 3.05) is 43.9 Å². The maximum Gasteiger partial charge on any atom is 0.329 e. The van der Waals surface area contributed by atoms with Crippen molar-refractivity contribution in [1.82, 2.24) is 29.3 Å². The molecule has 2 unspecified atom stereocenters. The van der Waals surface area contributed by atoms with Gasteiger partial charge in [0.15, 0.2) is 5.82 Å². The molecule has 1 amide bonds. The van der Waals surface area contributed by atoms with Gasteiger partial charge in [0, 0.05) is 67.4 Å². The number of hydrogen-bond acceptors (Lipinski definition) is 10. The van der Waals surface area contributed by atoms with Crippen LogP contribution in [0.1, 0.15) is 44.6 Å². The number of nitrogens with two attached hydrogens (primary N) is 1. The van der Waals surface area contributed by atoms with Crippen molar-refractivity contribution in [3.63, 3.8) is 0 Å². The molecule has 11 nitrogen and oxygen atoms in total. The van der Waals surface area contributed by atoms with Crippen LogP contribution in [-0.2, 0) is 0 Å². The molecule has 0 aliphatic carbocycles. The second-order valence-corrected chi connectivity index (χ2v) is 15.4. The molecule has 6 heterocycles. The van der Waals surface area contributed by atoms with Crippen LogP contribution in [0.15, 0.2) is 36.9 Å². The lowest BCUT2D eigenvalue weighted by Gasteiger charge is -2.41. The molecule has 16 heteroatoms. The molecule has 0 bridgehead atoms. The largest absolute Gasteiger partial charge is 0.461 e. The average Bonchev–Trinajstić information content (AvgIpc) is 3.91. The van der Waals surface area contributed by atoms with Crippen LogP contribution in [0.25, 0.3) is 32.1 Å². The molecule has 270 valence electrons. The van der Waals surface area contributed by atoms with Crippen LogP contribution in [0.3, 0.4) is 0 Å². The van der Waals surface area contributed by atoms with E-state index in [4.69, 9.17) is 27.1 Å². The number of alkyl halides is 1. The highest BCUT2D eigenvalue weighted by atomic mass is 35.5. The van der Waals surface area contributed by atoms with E-state index < -0.39 is 23.3 Å². The summed E-state index contributed by atoms with van der Waals surface area (Å²) < 4.78 is 54.5. The van der Waals surface area contributed by atoms with Crippen molar-refractivity contribution in [3.8, 4) is 23.2 Å². The fourth-order valence-corrected chi connectivity index (χ4v) is 9.62.